The van der Waals surface area contributed by atoms with E-state index in [2.05, 4.69) is 41.0 Å². The highest BCUT2D eigenvalue weighted by Gasteiger charge is 2.22. The molecule has 0 spiro atoms. The maximum absolute atomic E-state index is 12.7. The fourth-order valence-corrected chi connectivity index (χ4v) is 4.02. The van der Waals surface area contributed by atoms with E-state index < -0.39 is 0 Å². The second-order valence-electron chi connectivity index (χ2n) is 8.11. The number of benzene rings is 2. The van der Waals surface area contributed by atoms with Crippen molar-refractivity contribution in [3.05, 3.63) is 65.0 Å². The number of hydrogen-bond acceptors (Lipinski definition) is 5. The van der Waals surface area contributed by atoms with E-state index >= 15 is 0 Å². The van der Waals surface area contributed by atoms with E-state index in [0.717, 1.165) is 29.4 Å². The third kappa shape index (κ3) is 5.07. The van der Waals surface area contributed by atoms with Crippen molar-refractivity contribution in [3.8, 4) is 11.4 Å². The molecule has 0 unspecified atom stereocenters. The lowest BCUT2D eigenvalue weighted by Crippen LogP contribution is -2.48. The van der Waals surface area contributed by atoms with Gasteiger partial charge in [0.2, 0.25) is 17.6 Å². The topological polar surface area (TPSA) is 62.5 Å². The standard InChI is InChI=1S/C24H27ClN4O2/c1-17(2)18-7-9-19(10-8-18)24-26-22(31-27-24)11-12-23(30)29-15-13-28(14-16-29)21-6-4-3-5-20(21)25/h3-10,17H,11-16H2,1-2H3. The zero-order valence-electron chi connectivity index (χ0n) is 17.9. The molecule has 0 atom stereocenters. The van der Waals surface area contributed by atoms with Gasteiger partial charge in [0.1, 0.15) is 0 Å². The number of hydrogen-bond donors (Lipinski definition) is 0. The highest BCUT2D eigenvalue weighted by Crippen LogP contribution is 2.26. The largest absolute Gasteiger partial charge is 0.367 e. The van der Waals surface area contributed by atoms with Crippen LogP contribution in [0.5, 0.6) is 0 Å². The molecule has 1 saturated heterocycles. The van der Waals surface area contributed by atoms with Gasteiger partial charge >= 0.3 is 0 Å². The minimum atomic E-state index is 0.111. The van der Waals surface area contributed by atoms with Crippen molar-refractivity contribution in [2.24, 2.45) is 0 Å². The monoisotopic (exact) mass is 438 g/mol. The summed E-state index contributed by atoms with van der Waals surface area (Å²) in [6.45, 7) is 7.23. The van der Waals surface area contributed by atoms with Crippen molar-refractivity contribution in [1.82, 2.24) is 15.0 Å². The predicted molar refractivity (Wildman–Crippen MR) is 122 cm³/mol. The van der Waals surface area contributed by atoms with E-state index in [1.807, 2.05) is 41.3 Å². The molecule has 1 aromatic heterocycles. The van der Waals surface area contributed by atoms with Crippen LogP contribution in [-0.4, -0.2) is 47.1 Å². The third-order valence-electron chi connectivity index (χ3n) is 5.68. The van der Waals surface area contributed by atoms with E-state index in [0.29, 0.717) is 43.6 Å². The Kier molecular flexibility index (Phi) is 6.56. The van der Waals surface area contributed by atoms with Crippen molar-refractivity contribution in [1.29, 1.82) is 0 Å². The van der Waals surface area contributed by atoms with E-state index in [1.54, 1.807) is 0 Å². The van der Waals surface area contributed by atoms with E-state index in [4.69, 9.17) is 16.1 Å². The van der Waals surface area contributed by atoms with Crippen LogP contribution in [0.3, 0.4) is 0 Å². The van der Waals surface area contributed by atoms with Crippen molar-refractivity contribution in [2.45, 2.75) is 32.6 Å². The summed E-state index contributed by atoms with van der Waals surface area (Å²) in [5.41, 5.74) is 3.21. The number of halogens is 1. The van der Waals surface area contributed by atoms with Gasteiger partial charge in [0.25, 0.3) is 0 Å². The maximum atomic E-state index is 12.7. The number of anilines is 1. The van der Waals surface area contributed by atoms with E-state index in [-0.39, 0.29) is 5.91 Å². The van der Waals surface area contributed by atoms with Crippen molar-refractivity contribution >= 4 is 23.2 Å². The molecule has 0 bridgehead atoms. The van der Waals surface area contributed by atoms with Crippen LogP contribution in [0.25, 0.3) is 11.4 Å². The molecule has 3 aromatic rings. The Bertz CT molecular complexity index is 1020. The number of rotatable bonds is 6. The lowest BCUT2D eigenvalue weighted by molar-refractivity contribution is -0.131. The average molecular weight is 439 g/mol. The number of aromatic nitrogens is 2. The van der Waals surface area contributed by atoms with Gasteiger partial charge in [-0.3, -0.25) is 4.79 Å². The van der Waals surface area contributed by atoms with Crippen molar-refractivity contribution in [3.63, 3.8) is 0 Å². The molecule has 0 aliphatic carbocycles. The summed E-state index contributed by atoms with van der Waals surface area (Å²) in [4.78, 5) is 21.2. The van der Waals surface area contributed by atoms with Crippen LogP contribution in [-0.2, 0) is 11.2 Å². The summed E-state index contributed by atoms with van der Waals surface area (Å²) < 4.78 is 5.37. The smallest absolute Gasteiger partial charge is 0.227 e. The summed E-state index contributed by atoms with van der Waals surface area (Å²) in [5.74, 6) is 1.64. The van der Waals surface area contributed by atoms with Gasteiger partial charge in [-0.25, -0.2) is 0 Å². The van der Waals surface area contributed by atoms with Gasteiger partial charge in [-0.2, -0.15) is 4.98 Å². The fraction of sp³-hybridized carbons (Fsp3) is 0.375. The summed E-state index contributed by atoms with van der Waals surface area (Å²) >= 11 is 6.30. The van der Waals surface area contributed by atoms with Crippen LogP contribution in [0, 0.1) is 0 Å². The Balaban J connectivity index is 1.28. The molecule has 0 radical (unpaired) electrons. The maximum Gasteiger partial charge on any atom is 0.227 e. The molecule has 0 saturated carbocycles. The fourth-order valence-electron chi connectivity index (χ4n) is 3.77. The van der Waals surface area contributed by atoms with Gasteiger partial charge in [0.15, 0.2) is 0 Å². The van der Waals surface area contributed by atoms with Crippen LogP contribution >= 0.6 is 11.6 Å². The van der Waals surface area contributed by atoms with Crippen LogP contribution in [0.15, 0.2) is 53.1 Å². The van der Waals surface area contributed by atoms with Gasteiger partial charge in [-0.05, 0) is 23.6 Å². The molecule has 162 valence electrons. The van der Waals surface area contributed by atoms with Crippen LogP contribution in [0.2, 0.25) is 5.02 Å². The van der Waals surface area contributed by atoms with Gasteiger partial charge in [-0.15, -0.1) is 0 Å². The summed E-state index contributed by atoms with van der Waals surface area (Å²) in [6.07, 6.45) is 0.806. The summed E-state index contributed by atoms with van der Waals surface area (Å²) in [6, 6.07) is 16.0. The second-order valence-corrected chi connectivity index (χ2v) is 8.51. The molecule has 2 heterocycles. The van der Waals surface area contributed by atoms with Crippen LogP contribution < -0.4 is 4.90 Å². The predicted octanol–water partition coefficient (Wildman–Crippen LogP) is 4.79. The van der Waals surface area contributed by atoms with E-state index in [1.165, 1.54) is 5.56 Å². The van der Waals surface area contributed by atoms with Crippen molar-refractivity contribution in [2.75, 3.05) is 31.1 Å². The molecular weight excluding hydrogens is 412 g/mol. The normalized spacial score (nSPS) is 14.3. The van der Waals surface area contributed by atoms with Gasteiger partial charge in [-0.1, -0.05) is 67.0 Å². The number of para-hydroxylation sites is 1. The quantitative estimate of drug-likeness (QED) is 0.553. The minimum Gasteiger partial charge on any atom is -0.367 e. The molecule has 7 heteroatoms. The first-order valence-corrected chi connectivity index (χ1v) is 11.1. The highest BCUT2D eigenvalue weighted by atomic mass is 35.5. The Hall–Kier alpha value is -2.86. The Labute approximate surface area is 187 Å². The number of piperazine rings is 1. The molecule has 1 amide bonds. The molecule has 6 nitrogen and oxygen atoms in total. The first-order valence-electron chi connectivity index (χ1n) is 10.7. The summed E-state index contributed by atoms with van der Waals surface area (Å²) in [5, 5.41) is 4.82. The summed E-state index contributed by atoms with van der Waals surface area (Å²) in [7, 11) is 0. The Morgan fingerprint density at radius 3 is 2.45 bits per heavy atom. The average Bonchev–Trinajstić information content (AvgIpc) is 3.27. The molecule has 1 aliphatic rings. The number of carbonyl (C=O) groups is 1. The molecule has 0 N–H and O–H groups in total. The lowest BCUT2D eigenvalue weighted by Gasteiger charge is -2.36. The van der Waals surface area contributed by atoms with Gasteiger partial charge in [0.05, 0.1) is 10.7 Å². The van der Waals surface area contributed by atoms with Crippen LogP contribution in [0.4, 0.5) is 5.69 Å². The Morgan fingerprint density at radius 1 is 1.06 bits per heavy atom. The molecule has 31 heavy (non-hydrogen) atoms. The second kappa shape index (κ2) is 9.52. The number of nitrogens with zero attached hydrogens (tertiary/aromatic N) is 4. The SMILES string of the molecule is CC(C)c1ccc(-c2noc(CCC(=O)N3CCN(c4ccccc4Cl)CC3)n2)cc1. The zero-order chi connectivity index (χ0) is 21.8. The molecule has 1 fully saturated rings. The highest BCUT2D eigenvalue weighted by molar-refractivity contribution is 6.33. The third-order valence-corrected chi connectivity index (χ3v) is 6.00. The lowest BCUT2D eigenvalue weighted by atomic mass is 10.0. The zero-order valence-corrected chi connectivity index (χ0v) is 18.7. The number of carbonyl (C=O) groups excluding carboxylic acids is 1. The first kappa shape index (κ1) is 21.4. The molecule has 4 rings (SSSR count). The number of amides is 1. The minimum absolute atomic E-state index is 0.111. The molecule has 1 aliphatic heterocycles. The van der Waals surface area contributed by atoms with E-state index in [9.17, 15) is 4.79 Å². The Morgan fingerprint density at radius 2 is 1.77 bits per heavy atom. The van der Waals surface area contributed by atoms with Crippen molar-refractivity contribution < 1.29 is 9.32 Å². The number of aryl methyl sites for hydroxylation is 1. The first-order chi connectivity index (χ1) is 15.0. The van der Waals surface area contributed by atoms with Gasteiger partial charge < -0.3 is 14.3 Å². The molecule has 2 aromatic carbocycles. The molecular formula is C24H27ClN4O2. The van der Waals surface area contributed by atoms with Crippen LogP contribution in [0.1, 0.15) is 37.6 Å². The van der Waals surface area contributed by atoms with Gasteiger partial charge in [0, 0.05) is 44.6 Å².